The molecule has 0 aliphatic carbocycles. The van der Waals surface area contributed by atoms with Crippen molar-refractivity contribution in [2.45, 2.75) is 31.0 Å². The number of rotatable bonds is 2. The summed E-state index contributed by atoms with van der Waals surface area (Å²) in [7, 11) is 0. The first kappa shape index (κ1) is 14.5. The van der Waals surface area contributed by atoms with Crippen LogP contribution in [0.15, 0.2) is 15.7 Å². The van der Waals surface area contributed by atoms with Crippen LogP contribution in [-0.2, 0) is 4.74 Å². The fraction of sp³-hybridized carbons (Fsp3) is 0.500. The lowest BCUT2D eigenvalue weighted by Gasteiger charge is -2.27. The van der Waals surface area contributed by atoms with Crippen molar-refractivity contribution >= 4 is 0 Å². The molecule has 0 aromatic carbocycles. The van der Waals surface area contributed by atoms with E-state index in [0.29, 0.717) is 0 Å². The molecule has 0 saturated carbocycles. The van der Waals surface area contributed by atoms with Gasteiger partial charge in [-0.3, -0.25) is 14.3 Å². The Morgan fingerprint density at radius 1 is 1.60 bits per heavy atom. The first-order valence-electron chi connectivity index (χ1n) is 5.82. The van der Waals surface area contributed by atoms with E-state index in [-0.39, 0.29) is 5.69 Å². The molecule has 1 unspecified atom stereocenters. The molecule has 2 rings (SSSR count). The fourth-order valence-electron chi connectivity index (χ4n) is 2.24. The van der Waals surface area contributed by atoms with Crippen molar-refractivity contribution in [1.82, 2.24) is 9.55 Å². The predicted octanol–water partition coefficient (Wildman–Crippen LogP) is -2.54. The highest BCUT2D eigenvalue weighted by atomic mass is 16.6. The lowest BCUT2D eigenvalue weighted by atomic mass is 9.95. The largest absolute Gasteiger partial charge is 0.394 e. The molecule has 1 fully saturated rings. The smallest absolute Gasteiger partial charge is 0.330 e. The van der Waals surface area contributed by atoms with Gasteiger partial charge in [0.25, 0.3) is 5.56 Å². The van der Waals surface area contributed by atoms with Crippen LogP contribution in [0.1, 0.15) is 11.9 Å². The molecule has 8 heteroatoms. The molecule has 4 atom stereocenters. The van der Waals surface area contributed by atoms with Gasteiger partial charge >= 0.3 is 5.69 Å². The van der Waals surface area contributed by atoms with Crippen LogP contribution in [-0.4, -0.2) is 49.3 Å². The molecule has 20 heavy (non-hydrogen) atoms. The van der Waals surface area contributed by atoms with E-state index >= 15 is 0 Å². The van der Waals surface area contributed by atoms with Crippen LogP contribution in [0.25, 0.3) is 0 Å². The molecule has 0 spiro atoms. The van der Waals surface area contributed by atoms with Crippen molar-refractivity contribution in [2.75, 3.05) is 6.61 Å². The maximum absolute atomic E-state index is 11.9. The molecule has 1 aromatic heterocycles. The summed E-state index contributed by atoms with van der Waals surface area (Å²) >= 11 is 0. The topological polar surface area (TPSA) is 125 Å². The summed E-state index contributed by atoms with van der Waals surface area (Å²) in [4.78, 5) is 25.1. The molecule has 1 aliphatic rings. The van der Waals surface area contributed by atoms with Crippen LogP contribution in [0.4, 0.5) is 0 Å². The van der Waals surface area contributed by atoms with Crippen LogP contribution in [0.2, 0.25) is 0 Å². The highest BCUT2D eigenvalue weighted by molar-refractivity contribution is 5.20. The van der Waals surface area contributed by atoms with E-state index in [1.54, 1.807) is 0 Å². The minimum atomic E-state index is -2.19. The Balaban J connectivity index is 2.61. The fourth-order valence-corrected chi connectivity index (χ4v) is 2.24. The van der Waals surface area contributed by atoms with Gasteiger partial charge in [0.15, 0.2) is 11.8 Å². The Kier molecular flexibility index (Phi) is 3.54. The van der Waals surface area contributed by atoms with E-state index in [1.807, 2.05) is 10.9 Å². The van der Waals surface area contributed by atoms with Crippen molar-refractivity contribution in [3.05, 3.63) is 32.6 Å². The number of aromatic nitrogens is 2. The molecule has 1 aromatic rings. The Morgan fingerprint density at radius 2 is 2.25 bits per heavy atom. The number of nitrogens with zero attached hydrogens (tertiary/aromatic N) is 1. The van der Waals surface area contributed by atoms with E-state index in [4.69, 9.17) is 16.3 Å². The van der Waals surface area contributed by atoms with E-state index in [9.17, 15) is 19.8 Å². The SMILES string of the molecule is C#CC1(O)[C@@H](O)[C@@H](CO)O[C@H]1n1c(C)cc(=O)[nH]c1=O. The highest BCUT2D eigenvalue weighted by Crippen LogP contribution is 2.37. The van der Waals surface area contributed by atoms with Gasteiger partial charge in [-0.05, 0) is 6.92 Å². The summed E-state index contributed by atoms with van der Waals surface area (Å²) in [5.74, 6) is 1.99. The summed E-state index contributed by atoms with van der Waals surface area (Å²) in [5, 5.41) is 29.3. The zero-order valence-corrected chi connectivity index (χ0v) is 10.6. The van der Waals surface area contributed by atoms with E-state index in [0.717, 1.165) is 10.6 Å². The summed E-state index contributed by atoms with van der Waals surface area (Å²) in [5.41, 5.74) is -3.44. The summed E-state index contributed by atoms with van der Waals surface area (Å²) in [6.07, 6.45) is 1.10. The molecule has 0 amide bonds. The van der Waals surface area contributed by atoms with E-state index in [2.05, 4.69) is 0 Å². The monoisotopic (exact) mass is 282 g/mol. The Morgan fingerprint density at radius 3 is 2.75 bits per heavy atom. The van der Waals surface area contributed by atoms with Gasteiger partial charge in [-0.25, -0.2) is 4.79 Å². The van der Waals surface area contributed by atoms with Gasteiger partial charge in [0.1, 0.15) is 12.2 Å². The Bertz CT molecular complexity index is 672. The average Bonchev–Trinajstić information content (AvgIpc) is 2.63. The minimum Gasteiger partial charge on any atom is -0.394 e. The molecular weight excluding hydrogens is 268 g/mol. The van der Waals surface area contributed by atoms with Gasteiger partial charge in [0, 0.05) is 11.8 Å². The number of nitrogens with one attached hydrogen (secondary N) is 1. The molecule has 1 saturated heterocycles. The molecule has 108 valence electrons. The third-order valence-electron chi connectivity index (χ3n) is 3.30. The maximum atomic E-state index is 11.9. The Hall–Kier alpha value is -1.92. The minimum absolute atomic E-state index is 0.197. The number of H-pyrrole nitrogens is 1. The second-order valence-electron chi connectivity index (χ2n) is 4.57. The standard InChI is InChI=1S/C12H14N2O6/c1-3-12(19)9(17)7(5-15)20-10(12)14-6(2)4-8(16)13-11(14)18/h1,4,7,9-10,15,17,19H,5H2,2H3,(H,13,16,18)/t7-,9+,10-,12?/m1/s1. The van der Waals surface area contributed by atoms with E-state index in [1.165, 1.54) is 6.92 Å². The second-order valence-corrected chi connectivity index (χ2v) is 4.57. The van der Waals surface area contributed by atoms with Crippen molar-refractivity contribution in [3.63, 3.8) is 0 Å². The van der Waals surface area contributed by atoms with Gasteiger partial charge in [0.2, 0.25) is 0 Å². The third kappa shape index (κ3) is 1.97. The summed E-state index contributed by atoms with van der Waals surface area (Å²) in [6.45, 7) is 0.869. The van der Waals surface area contributed by atoms with Crippen LogP contribution >= 0.6 is 0 Å². The van der Waals surface area contributed by atoms with Crippen LogP contribution in [0.3, 0.4) is 0 Å². The van der Waals surface area contributed by atoms with Crippen molar-refractivity contribution in [3.8, 4) is 12.3 Å². The lowest BCUT2D eigenvalue weighted by Crippen LogP contribution is -2.48. The molecule has 2 heterocycles. The predicted molar refractivity (Wildman–Crippen MR) is 66.8 cm³/mol. The summed E-state index contributed by atoms with van der Waals surface area (Å²) in [6, 6.07) is 1.13. The number of aliphatic hydroxyl groups excluding tert-OH is 2. The third-order valence-corrected chi connectivity index (χ3v) is 3.30. The number of hydrogen-bond acceptors (Lipinski definition) is 6. The van der Waals surface area contributed by atoms with Gasteiger partial charge in [0.05, 0.1) is 6.61 Å². The van der Waals surface area contributed by atoms with Crippen LogP contribution in [0, 0.1) is 19.3 Å². The van der Waals surface area contributed by atoms with Crippen molar-refractivity contribution in [1.29, 1.82) is 0 Å². The zero-order chi connectivity index (χ0) is 15.1. The molecular formula is C12H14N2O6. The summed E-state index contributed by atoms with van der Waals surface area (Å²) < 4.78 is 6.20. The quantitative estimate of drug-likeness (QED) is 0.443. The highest BCUT2D eigenvalue weighted by Gasteiger charge is 2.55. The maximum Gasteiger partial charge on any atom is 0.330 e. The molecule has 1 aliphatic heterocycles. The molecule has 4 N–H and O–H groups in total. The number of ether oxygens (including phenoxy) is 1. The molecule has 0 radical (unpaired) electrons. The number of aliphatic hydroxyl groups is 3. The Labute approximate surface area is 113 Å². The number of aryl methyl sites for hydroxylation is 1. The van der Waals surface area contributed by atoms with Crippen LogP contribution < -0.4 is 11.2 Å². The van der Waals surface area contributed by atoms with Gasteiger partial charge < -0.3 is 20.1 Å². The van der Waals surface area contributed by atoms with Gasteiger partial charge in [-0.15, -0.1) is 6.42 Å². The second kappa shape index (κ2) is 4.88. The van der Waals surface area contributed by atoms with Gasteiger partial charge in [-0.2, -0.15) is 0 Å². The first-order chi connectivity index (χ1) is 9.35. The van der Waals surface area contributed by atoms with E-state index < -0.39 is 41.9 Å². The normalized spacial score (nSPS) is 33.0. The van der Waals surface area contributed by atoms with Crippen molar-refractivity contribution < 1.29 is 20.1 Å². The lowest BCUT2D eigenvalue weighted by molar-refractivity contribution is -0.0774. The van der Waals surface area contributed by atoms with Crippen molar-refractivity contribution in [2.24, 2.45) is 0 Å². The van der Waals surface area contributed by atoms with Gasteiger partial charge in [-0.1, -0.05) is 5.92 Å². The number of aromatic amines is 1. The average molecular weight is 282 g/mol. The molecule has 8 nitrogen and oxygen atoms in total. The first-order valence-corrected chi connectivity index (χ1v) is 5.82. The molecule has 0 bridgehead atoms. The number of terminal acetylenes is 1. The number of hydrogen-bond donors (Lipinski definition) is 4. The van der Waals surface area contributed by atoms with Crippen LogP contribution in [0.5, 0.6) is 0 Å². The zero-order valence-electron chi connectivity index (χ0n) is 10.6.